The topological polar surface area (TPSA) is 49.3 Å². The molecule has 0 aliphatic heterocycles. The molecule has 118 valence electrons. The van der Waals surface area contributed by atoms with Crippen molar-refractivity contribution in [3.8, 4) is 0 Å². The van der Waals surface area contributed by atoms with Crippen LogP contribution in [0, 0.1) is 0 Å². The van der Waals surface area contributed by atoms with Crippen LogP contribution in [0.25, 0.3) is 0 Å². The summed E-state index contributed by atoms with van der Waals surface area (Å²) < 4.78 is 0. The first-order chi connectivity index (χ1) is 9.55. The van der Waals surface area contributed by atoms with Crippen LogP contribution < -0.4 is 5.32 Å². The highest BCUT2D eigenvalue weighted by Gasteiger charge is 2.22. The molecule has 0 heterocycles. The van der Waals surface area contributed by atoms with Crippen LogP contribution in [-0.2, 0) is 10.8 Å². The molecule has 0 radical (unpaired) electrons. The SMILES string of the molecule is CC(C)(C)c1cc(C(=O)NCCCO)cc(C(C)(C)C)c1. The smallest absolute Gasteiger partial charge is 0.251 e. The third kappa shape index (κ3) is 5.16. The number of aliphatic hydroxyl groups is 1. The van der Waals surface area contributed by atoms with Crippen molar-refractivity contribution in [2.75, 3.05) is 13.2 Å². The minimum Gasteiger partial charge on any atom is -0.396 e. The predicted octanol–water partition coefficient (Wildman–Crippen LogP) is 3.39. The van der Waals surface area contributed by atoms with E-state index < -0.39 is 0 Å². The zero-order valence-corrected chi connectivity index (χ0v) is 14.2. The van der Waals surface area contributed by atoms with Crippen LogP contribution in [0.5, 0.6) is 0 Å². The minimum atomic E-state index is -0.0694. The molecule has 1 amide bonds. The fraction of sp³-hybridized carbons (Fsp3) is 0.611. The van der Waals surface area contributed by atoms with Gasteiger partial charge in [-0.2, -0.15) is 0 Å². The molecule has 3 heteroatoms. The van der Waals surface area contributed by atoms with Gasteiger partial charge >= 0.3 is 0 Å². The van der Waals surface area contributed by atoms with Crippen molar-refractivity contribution in [3.63, 3.8) is 0 Å². The Balaban J connectivity index is 3.17. The Morgan fingerprint density at radius 2 is 1.48 bits per heavy atom. The summed E-state index contributed by atoms with van der Waals surface area (Å²) in [7, 11) is 0. The first kappa shape index (κ1) is 17.7. The standard InChI is InChI=1S/C18H29NO2/c1-17(2,3)14-10-13(16(21)19-8-7-9-20)11-15(12-14)18(4,5)6/h10-12,20H,7-9H2,1-6H3,(H,19,21). The summed E-state index contributed by atoms with van der Waals surface area (Å²) in [5, 5.41) is 11.7. The molecule has 1 rings (SSSR count). The summed E-state index contributed by atoms with van der Waals surface area (Å²) in [4.78, 5) is 12.3. The van der Waals surface area contributed by atoms with Crippen molar-refractivity contribution in [1.29, 1.82) is 0 Å². The number of aliphatic hydroxyl groups excluding tert-OH is 1. The number of benzene rings is 1. The van der Waals surface area contributed by atoms with Gasteiger partial charge in [0.15, 0.2) is 0 Å². The zero-order valence-electron chi connectivity index (χ0n) is 14.2. The van der Waals surface area contributed by atoms with Gasteiger partial charge in [-0.1, -0.05) is 47.6 Å². The van der Waals surface area contributed by atoms with Crippen LogP contribution in [0.15, 0.2) is 18.2 Å². The predicted molar refractivity (Wildman–Crippen MR) is 87.9 cm³/mol. The number of hydrogen-bond donors (Lipinski definition) is 2. The summed E-state index contributed by atoms with van der Waals surface area (Å²) in [6.07, 6.45) is 0.580. The van der Waals surface area contributed by atoms with Gasteiger partial charge in [-0.3, -0.25) is 4.79 Å². The molecule has 0 saturated carbocycles. The molecule has 0 atom stereocenters. The molecule has 21 heavy (non-hydrogen) atoms. The van der Waals surface area contributed by atoms with Crippen LogP contribution in [0.3, 0.4) is 0 Å². The van der Waals surface area contributed by atoms with Gasteiger partial charge in [-0.15, -0.1) is 0 Å². The van der Waals surface area contributed by atoms with E-state index in [4.69, 9.17) is 5.11 Å². The normalized spacial score (nSPS) is 12.3. The molecule has 0 aliphatic carbocycles. The molecule has 3 nitrogen and oxygen atoms in total. The lowest BCUT2D eigenvalue weighted by molar-refractivity contribution is 0.0951. The molecule has 0 saturated heterocycles. The summed E-state index contributed by atoms with van der Waals surface area (Å²) in [5.74, 6) is -0.0694. The zero-order chi connectivity index (χ0) is 16.3. The van der Waals surface area contributed by atoms with Crippen molar-refractivity contribution in [2.24, 2.45) is 0 Å². The quantitative estimate of drug-likeness (QED) is 0.835. The van der Waals surface area contributed by atoms with Crippen LogP contribution in [-0.4, -0.2) is 24.2 Å². The molecule has 0 fully saturated rings. The molecule has 0 bridgehead atoms. The number of carbonyl (C=O) groups excluding carboxylic acids is 1. The highest BCUT2D eigenvalue weighted by Crippen LogP contribution is 2.30. The Morgan fingerprint density at radius 3 is 1.86 bits per heavy atom. The summed E-state index contributed by atoms with van der Waals surface area (Å²) in [6.45, 7) is 13.5. The Kier molecular flexibility index (Phi) is 5.57. The molecule has 2 N–H and O–H groups in total. The van der Waals surface area contributed by atoms with E-state index in [0.717, 1.165) is 0 Å². The Bertz CT molecular complexity index is 461. The van der Waals surface area contributed by atoms with Crippen molar-refractivity contribution in [3.05, 3.63) is 34.9 Å². The Labute approximate surface area is 128 Å². The van der Waals surface area contributed by atoms with Gasteiger partial charge in [-0.05, 0) is 40.5 Å². The van der Waals surface area contributed by atoms with Crippen molar-refractivity contribution in [2.45, 2.75) is 58.8 Å². The highest BCUT2D eigenvalue weighted by molar-refractivity contribution is 5.94. The summed E-state index contributed by atoms with van der Waals surface area (Å²) in [6, 6.07) is 6.15. The van der Waals surface area contributed by atoms with Gasteiger partial charge in [0.1, 0.15) is 0 Å². The van der Waals surface area contributed by atoms with Crippen molar-refractivity contribution in [1.82, 2.24) is 5.32 Å². The Morgan fingerprint density at radius 1 is 1.00 bits per heavy atom. The lowest BCUT2D eigenvalue weighted by Gasteiger charge is -2.26. The van der Waals surface area contributed by atoms with Gasteiger partial charge in [0.05, 0.1) is 0 Å². The third-order valence-corrected chi connectivity index (χ3v) is 3.55. The molecule has 1 aromatic rings. The molecule has 0 aromatic heterocycles. The molecule has 1 aromatic carbocycles. The first-order valence-electron chi connectivity index (χ1n) is 7.61. The number of nitrogens with one attached hydrogen (secondary N) is 1. The van der Waals surface area contributed by atoms with Gasteiger partial charge in [0.2, 0.25) is 0 Å². The average molecular weight is 291 g/mol. The lowest BCUT2D eigenvalue weighted by Crippen LogP contribution is -2.26. The number of rotatable bonds is 4. The fourth-order valence-electron chi connectivity index (χ4n) is 2.01. The molecule has 0 spiro atoms. The van der Waals surface area contributed by atoms with Gasteiger partial charge in [-0.25, -0.2) is 0 Å². The van der Waals surface area contributed by atoms with E-state index in [0.29, 0.717) is 18.5 Å². The number of carbonyl (C=O) groups is 1. The Hall–Kier alpha value is -1.35. The molecular weight excluding hydrogens is 262 g/mol. The largest absolute Gasteiger partial charge is 0.396 e. The van der Waals surface area contributed by atoms with Crippen molar-refractivity contribution < 1.29 is 9.90 Å². The fourth-order valence-corrected chi connectivity index (χ4v) is 2.01. The molecule has 0 unspecified atom stereocenters. The number of amides is 1. The van der Waals surface area contributed by atoms with Crippen LogP contribution >= 0.6 is 0 Å². The third-order valence-electron chi connectivity index (χ3n) is 3.55. The molecule has 0 aliphatic rings. The van der Waals surface area contributed by atoms with Crippen LogP contribution in [0.4, 0.5) is 0 Å². The maximum atomic E-state index is 12.3. The van der Waals surface area contributed by atoms with Gasteiger partial charge < -0.3 is 10.4 Å². The van der Waals surface area contributed by atoms with E-state index in [-0.39, 0.29) is 23.3 Å². The van der Waals surface area contributed by atoms with Crippen molar-refractivity contribution >= 4 is 5.91 Å². The molecular formula is C18H29NO2. The monoisotopic (exact) mass is 291 g/mol. The van der Waals surface area contributed by atoms with E-state index in [1.165, 1.54) is 11.1 Å². The number of hydrogen-bond acceptors (Lipinski definition) is 2. The van der Waals surface area contributed by atoms with Gasteiger partial charge in [0.25, 0.3) is 5.91 Å². The first-order valence-corrected chi connectivity index (χ1v) is 7.61. The van der Waals surface area contributed by atoms with E-state index >= 15 is 0 Å². The maximum Gasteiger partial charge on any atom is 0.251 e. The van der Waals surface area contributed by atoms with Gasteiger partial charge in [0, 0.05) is 18.7 Å². The van der Waals surface area contributed by atoms with E-state index in [1.54, 1.807) is 0 Å². The van der Waals surface area contributed by atoms with E-state index in [9.17, 15) is 4.79 Å². The van der Waals surface area contributed by atoms with Crippen LogP contribution in [0.2, 0.25) is 0 Å². The maximum absolute atomic E-state index is 12.3. The van der Waals surface area contributed by atoms with E-state index in [1.807, 2.05) is 12.1 Å². The average Bonchev–Trinajstić information content (AvgIpc) is 2.36. The summed E-state index contributed by atoms with van der Waals surface area (Å²) in [5.41, 5.74) is 3.04. The van der Waals surface area contributed by atoms with Crippen LogP contribution in [0.1, 0.15) is 69.4 Å². The minimum absolute atomic E-state index is 0.00138. The lowest BCUT2D eigenvalue weighted by atomic mass is 9.79. The second-order valence-corrected chi connectivity index (χ2v) is 7.63. The van der Waals surface area contributed by atoms with E-state index in [2.05, 4.69) is 52.9 Å². The summed E-state index contributed by atoms with van der Waals surface area (Å²) >= 11 is 0. The second-order valence-electron chi connectivity index (χ2n) is 7.63. The second kappa shape index (κ2) is 6.61. The highest BCUT2D eigenvalue weighted by atomic mass is 16.3.